The van der Waals surface area contributed by atoms with Gasteiger partial charge in [0.05, 0.1) is 12.5 Å². The summed E-state index contributed by atoms with van der Waals surface area (Å²) < 4.78 is 0. The van der Waals surface area contributed by atoms with E-state index in [4.69, 9.17) is 0 Å². The molecule has 1 N–H and O–H groups in total. The van der Waals surface area contributed by atoms with E-state index in [1.165, 1.54) is 0 Å². The highest BCUT2D eigenvalue weighted by Gasteiger charge is 2.47. The number of amides is 2. The van der Waals surface area contributed by atoms with Gasteiger partial charge in [0.2, 0.25) is 11.8 Å². The van der Waals surface area contributed by atoms with Gasteiger partial charge in [0.25, 0.3) is 0 Å². The second-order valence-corrected chi connectivity index (χ2v) is 6.75. The fourth-order valence-corrected chi connectivity index (χ4v) is 4.24. The van der Waals surface area contributed by atoms with E-state index >= 15 is 0 Å². The van der Waals surface area contributed by atoms with Crippen LogP contribution in [0.5, 0.6) is 0 Å². The number of nitrogens with one attached hydrogen (secondary N) is 1. The van der Waals surface area contributed by atoms with Crippen molar-refractivity contribution in [1.82, 2.24) is 15.1 Å². The van der Waals surface area contributed by atoms with Crippen molar-refractivity contribution in [1.29, 1.82) is 0 Å². The molecule has 3 heterocycles. The summed E-state index contributed by atoms with van der Waals surface area (Å²) in [4.78, 5) is 28.3. The molecule has 2 aliphatic heterocycles. The van der Waals surface area contributed by atoms with Gasteiger partial charge in [-0.05, 0) is 41.8 Å². The molecule has 6 heteroatoms. The molecule has 2 fully saturated rings. The van der Waals surface area contributed by atoms with Gasteiger partial charge in [0, 0.05) is 26.2 Å². The second-order valence-electron chi connectivity index (χ2n) is 5.97. The number of rotatable bonds is 3. The van der Waals surface area contributed by atoms with Gasteiger partial charge in [0.1, 0.15) is 0 Å². The summed E-state index contributed by atoms with van der Waals surface area (Å²) in [5, 5.41) is 6.76. The average Bonchev–Trinajstić information content (AvgIpc) is 3.16. The lowest BCUT2D eigenvalue weighted by Crippen LogP contribution is -2.45. The van der Waals surface area contributed by atoms with Crippen LogP contribution in [0.2, 0.25) is 0 Å². The predicted molar refractivity (Wildman–Crippen MR) is 82.1 cm³/mol. The highest BCUT2D eigenvalue weighted by molar-refractivity contribution is 7.07. The fraction of sp³-hybridized carbons (Fsp3) is 0.600. The van der Waals surface area contributed by atoms with E-state index in [0.717, 1.165) is 25.1 Å². The van der Waals surface area contributed by atoms with Crippen LogP contribution in [0, 0.1) is 5.92 Å². The van der Waals surface area contributed by atoms with Gasteiger partial charge in [0.15, 0.2) is 0 Å². The molecule has 0 radical (unpaired) electrons. The molecule has 0 bridgehead atoms. The molecule has 1 aromatic rings. The normalized spacial score (nSPS) is 28.7. The molecule has 3 atom stereocenters. The molecule has 0 aliphatic carbocycles. The Morgan fingerprint density at radius 3 is 2.86 bits per heavy atom. The van der Waals surface area contributed by atoms with Crippen LogP contribution in [0.15, 0.2) is 16.8 Å². The third-order valence-corrected chi connectivity index (χ3v) is 5.52. The molecular weight excluding hydrogens is 286 g/mol. The van der Waals surface area contributed by atoms with E-state index in [2.05, 4.69) is 10.2 Å². The zero-order valence-corrected chi connectivity index (χ0v) is 13.2. The SMILES string of the molecule is CNC(=O)[C@H]1C[C@@H]2CN(C(=O)Cc3ccsc3)C[C@@H]2N1C. The number of fused-ring (bicyclic) bond motifs is 1. The molecule has 21 heavy (non-hydrogen) atoms. The number of thiophene rings is 1. The maximum atomic E-state index is 12.4. The minimum Gasteiger partial charge on any atom is -0.358 e. The molecule has 2 amide bonds. The van der Waals surface area contributed by atoms with Crippen LogP contribution < -0.4 is 5.32 Å². The Hall–Kier alpha value is -1.40. The first-order valence-corrected chi connectivity index (χ1v) is 8.26. The van der Waals surface area contributed by atoms with Gasteiger partial charge in [-0.25, -0.2) is 0 Å². The summed E-state index contributed by atoms with van der Waals surface area (Å²) in [5.41, 5.74) is 1.10. The number of carbonyl (C=O) groups excluding carboxylic acids is 2. The van der Waals surface area contributed by atoms with Crippen molar-refractivity contribution in [2.45, 2.75) is 24.9 Å². The summed E-state index contributed by atoms with van der Waals surface area (Å²) in [6.07, 6.45) is 1.34. The molecule has 2 aliphatic rings. The standard InChI is InChI=1S/C15H21N3O2S/c1-16-15(20)12-6-11-7-18(8-13(11)17(12)2)14(19)5-10-3-4-21-9-10/h3-4,9,11-13H,5-8H2,1-2H3,(H,16,20)/t11-,12-,13+/m1/s1. The van der Waals surface area contributed by atoms with E-state index in [-0.39, 0.29) is 17.9 Å². The Labute approximate surface area is 128 Å². The van der Waals surface area contributed by atoms with Gasteiger partial charge < -0.3 is 10.2 Å². The number of likely N-dealkylation sites (tertiary alicyclic amines) is 2. The van der Waals surface area contributed by atoms with Gasteiger partial charge in [-0.15, -0.1) is 0 Å². The quantitative estimate of drug-likeness (QED) is 0.888. The summed E-state index contributed by atoms with van der Waals surface area (Å²) in [5.74, 6) is 0.708. The molecule has 0 aromatic carbocycles. The van der Waals surface area contributed by atoms with Crippen molar-refractivity contribution in [2.24, 2.45) is 5.92 Å². The minimum atomic E-state index is -0.0425. The Morgan fingerprint density at radius 1 is 1.43 bits per heavy atom. The largest absolute Gasteiger partial charge is 0.358 e. The van der Waals surface area contributed by atoms with E-state index in [9.17, 15) is 9.59 Å². The molecule has 0 saturated carbocycles. The van der Waals surface area contributed by atoms with Crippen LogP contribution in [-0.4, -0.2) is 60.9 Å². The van der Waals surface area contributed by atoms with Crippen LogP contribution in [0.4, 0.5) is 0 Å². The van der Waals surface area contributed by atoms with Gasteiger partial charge >= 0.3 is 0 Å². The van der Waals surface area contributed by atoms with Crippen molar-refractivity contribution in [2.75, 3.05) is 27.2 Å². The molecule has 114 valence electrons. The first-order chi connectivity index (χ1) is 10.1. The van der Waals surface area contributed by atoms with Crippen molar-refractivity contribution in [3.8, 4) is 0 Å². The molecule has 0 unspecified atom stereocenters. The summed E-state index contributed by atoms with van der Waals surface area (Å²) in [6.45, 7) is 1.53. The van der Waals surface area contributed by atoms with Crippen LogP contribution in [0.3, 0.4) is 0 Å². The molecule has 2 saturated heterocycles. The van der Waals surface area contributed by atoms with Crippen LogP contribution in [0.1, 0.15) is 12.0 Å². The molecule has 3 rings (SSSR count). The highest BCUT2D eigenvalue weighted by atomic mass is 32.1. The monoisotopic (exact) mass is 307 g/mol. The lowest BCUT2D eigenvalue weighted by Gasteiger charge is -2.25. The van der Waals surface area contributed by atoms with Crippen molar-refractivity contribution >= 4 is 23.2 Å². The maximum absolute atomic E-state index is 12.4. The molecule has 5 nitrogen and oxygen atoms in total. The smallest absolute Gasteiger partial charge is 0.237 e. The van der Waals surface area contributed by atoms with Gasteiger partial charge in [-0.3, -0.25) is 14.5 Å². The van der Waals surface area contributed by atoms with Gasteiger partial charge in [-0.2, -0.15) is 11.3 Å². The van der Waals surface area contributed by atoms with Crippen LogP contribution in [-0.2, 0) is 16.0 Å². The van der Waals surface area contributed by atoms with E-state index < -0.39 is 0 Å². The van der Waals surface area contributed by atoms with Crippen molar-refractivity contribution < 1.29 is 9.59 Å². The first-order valence-electron chi connectivity index (χ1n) is 7.32. The Bertz CT molecular complexity index is 531. The van der Waals surface area contributed by atoms with E-state index in [0.29, 0.717) is 18.4 Å². The minimum absolute atomic E-state index is 0.0425. The highest BCUT2D eigenvalue weighted by Crippen LogP contribution is 2.34. The second kappa shape index (κ2) is 5.77. The number of hydrogen-bond donors (Lipinski definition) is 1. The first kappa shape index (κ1) is 14.5. The zero-order valence-electron chi connectivity index (χ0n) is 12.4. The van der Waals surface area contributed by atoms with Crippen LogP contribution in [0.25, 0.3) is 0 Å². The van der Waals surface area contributed by atoms with E-state index in [1.807, 2.05) is 28.8 Å². The Kier molecular flexibility index (Phi) is 3.99. The topological polar surface area (TPSA) is 52.7 Å². The molecule has 1 aromatic heterocycles. The zero-order chi connectivity index (χ0) is 15.0. The number of hydrogen-bond acceptors (Lipinski definition) is 4. The summed E-state index contributed by atoms with van der Waals surface area (Å²) in [6, 6.07) is 2.28. The Morgan fingerprint density at radius 2 is 2.24 bits per heavy atom. The number of carbonyl (C=O) groups is 2. The third-order valence-electron chi connectivity index (χ3n) is 4.78. The number of nitrogens with zero attached hydrogens (tertiary/aromatic N) is 2. The van der Waals surface area contributed by atoms with Crippen molar-refractivity contribution in [3.63, 3.8) is 0 Å². The summed E-state index contributed by atoms with van der Waals surface area (Å²) >= 11 is 1.62. The molecule has 0 spiro atoms. The van der Waals surface area contributed by atoms with Gasteiger partial charge in [-0.1, -0.05) is 0 Å². The lowest BCUT2D eigenvalue weighted by atomic mass is 10.0. The van der Waals surface area contributed by atoms with Crippen molar-refractivity contribution in [3.05, 3.63) is 22.4 Å². The van der Waals surface area contributed by atoms with E-state index in [1.54, 1.807) is 18.4 Å². The van der Waals surface area contributed by atoms with Crippen LogP contribution >= 0.6 is 11.3 Å². The predicted octanol–water partition coefficient (Wildman–Crippen LogP) is 0.568. The average molecular weight is 307 g/mol. The number of likely N-dealkylation sites (N-methyl/N-ethyl adjacent to an activating group) is 2. The fourth-order valence-electron chi connectivity index (χ4n) is 3.57. The maximum Gasteiger partial charge on any atom is 0.237 e. The lowest BCUT2D eigenvalue weighted by molar-refractivity contribution is -0.130. The molecular formula is C15H21N3O2S. The Balaban J connectivity index is 1.60. The third kappa shape index (κ3) is 2.70. The summed E-state index contributed by atoms with van der Waals surface area (Å²) in [7, 11) is 3.68.